The van der Waals surface area contributed by atoms with E-state index in [1.54, 1.807) is 6.08 Å². The molecule has 2 aromatic carbocycles. The molecule has 2 aromatic rings. The number of para-hydroxylation sites is 1. The number of rotatable bonds is 4. The van der Waals surface area contributed by atoms with Gasteiger partial charge in [-0.25, -0.2) is 0 Å². The number of nitrogens with one attached hydrogen (secondary N) is 1. The monoisotopic (exact) mass is 357 g/mol. The molecule has 0 heterocycles. The molecule has 0 unspecified atom stereocenters. The molecule has 0 saturated carbocycles. The predicted octanol–water partition coefficient (Wildman–Crippen LogP) is 5.53. The average molecular weight is 358 g/mol. The number of benzene rings is 2. The number of carbonyl (C=O) groups excluding carboxylic acids is 1. The van der Waals surface area contributed by atoms with Gasteiger partial charge in [-0.1, -0.05) is 66.2 Å². The Kier molecular flexibility index (Phi) is 5.56. The number of aryl methyl sites for hydroxylation is 1. The molecule has 0 atom stereocenters. The molecular formula is C19H20BrNO. The Balaban J connectivity index is 2.18. The molecule has 0 aliphatic rings. The molecule has 0 spiro atoms. The van der Waals surface area contributed by atoms with Crippen molar-refractivity contribution in [1.29, 1.82) is 0 Å². The van der Waals surface area contributed by atoms with Crippen LogP contribution in [0.1, 0.15) is 36.5 Å². The van der Waals surface area contributed by atoms with Crippen molar-refractivity contribution in [1.82, 2.24) is 0 Å². The van der Waals surface area contributed by atoms with Gasteiger partial charge in [0.15, 0.2) is 0 Å². The highest BCUT2D eigenvalue weighted by molar-refractivity contribution is 9.10. The Morgan fingerprint density at radius 3 is 2.55 bits per heavy atom. The molecule has 0 aliphatic carbocycles. The van der Waals surface area contributed by atoms with E-state index in [4.69, 9.17) is 0 Å². The van der Waals surface area contributed by atoms with Gasteiger partial charge in [-0.15, -0.1) is 0 Å². The first-order chi connectivity index (χ1) is 10.5. The van der Waals surface area contributed by atoms with Crippen molar-refractivity contribution >= 4 is 33.6 Å². The topological polar surface area (TPSA) is 29.1 Å². The summed E-state index contributed by atoms with van der Waals surface area (Å²) in [5.41, 5.74) is 4.13. The van der Waals surface area contributed by atoms with Gasteiger partial charge < -0.3 is 5.32 Å². The second kappa shape index (κ2) is 7.41. The van der Waals surface area contributed by atoms with Gasteiger partial charge in [0.25, 0.3) is 0 Å². The van der Waals surface area contributed by atoms with Crippen molar-refractivity contribution in [3.05, 3.63) is 69.7 Å². The van der Waals surface area contributed by atoms with E-state index in [0.29, 0.717) is 5.92 Å². The average Bonchev–Trinajstić information content (AvgIpc) is 2.48. The molecule has 1 amide bonds. The minimum atomic E-state index is -0.119. The molecule has 2 rings (SSSR count). The van der Waals surface area contributed by atoms with E-state index in [1.165, 1.54) is 0 Å². The van der Waals surface area contributed by atoms with Crippen molar-refractivity contribution in [2.24, 2.45) is 0 Å². The predicted molar refractivity (Wildman–Crippen MR) is 97.1 cm³/mol. The van der Waals surface area contributed by atoms with Crippen LogP contribution in [-0.2, 0) is 4.79 Å². The van der Waals surface area contributed by atoms with E-state index in [0.717, 1.165) is 26.9 Å². The zero-order valence-electron chi connectivity index (χ0n) is 13.1. The fraction of sp³-hybridized carbons (Fsp3) is 0.211. The zero-order valence-corrected chi connectivity index (χ0v) is 14.6. The van der Waals surface area contributed by atoms with E-state index in [1.807, 2.05) is 49.4 Å². The molecule has 0 fully saturated rings. The van der Waals surface area contributed by atoms with Gasteiger partial charge in [-0.3, -0.25) is 4.79 Å². The second-order valence-electron chi connectivity index (χ2n) is 5.54. The maximum Gasteiger partial charge on any atom is 0.248 e. The van der Waals surface area contributed by atoms with Gasteiger partial charge in [0.05, 0.1) is 0 Å². The van der Waals surface area contributed by atoms with Crippen LogP contribution in [0.15, 0.2) is 53.0 Å². The molecule has 0 aliphatic heterocycles. The highest BCUT2D eigenvalue weighted by Gasteiger charge is 2.10. The van der Waals surface area contributed by atoms with Gasteiger partial charge in [-0.2, -0.15) is 0 Å². The first-order valence-corrected chi connectivity index (χ1v) is 8.11. The summed E-state index contributed by atoms with van der Waals surface area (Å²) in [6.07, 6.45) is 3.38. The standard InChI is InChI=1S/C19H20BrNO/c1-13(2)16-9-6-7-14(3)19(16)21-18(22)12-11-15-8-4-5-10-17(15)20/h4-13H,1-3H3,(H,21,22)/b12-11+. The van der Waals surface area contributed by atoms with Crippen LogP contribution >= 0.6 is 15.9 Å². The normalized spacial score (nSPS) is 11.1. The summed E-state index contributed by atoms with van der Waals surface area (Å²) in [4.78, 5) is 12.2. The van der Waals surface area contributed by atoms with Crippen LogP contribution in [0, 0.1) is 6.92 Å². The molecule has 114 valence electrons. The van der Waals surface area contributed by atoms with Crippen molar-refractivity contribution in [3.63, 3.8) is 0 Å². The fourth-order valence-electron chi connectivity index (χ4n) is 2.28. The molecule has 1 N–H and O–H groups in total. The summed E-state index contributed by atoms with van der Waals surface area (Å²) in [5.74, 6) is 0.245. The summed E-state index contributed by atoms with van der Waals surface area (Å²) < 4.78 is 0.970. The number of hydrogen-bond donors (Lipinski definition) is 1. The zero-order chi connectivity index (χ0) is 16.1. The molecule has 22 heavy (non-hydrogen) atoms. The van der Waals surface area contributed by atoms with Crippen molar-refractivity contribution in [2.75, 3.05) is 5.32 Å². The van der Waals surface area contributed by atoms with Crippen molar-refractivity contribution in [3.8, 4) is 0 Å². The van der Waals surface area contributed by atoms with Crippen LogP contribution in [-0.4, -0.2) is 5.91 Å². The molecule has 2 nitrogen and oxygen atoms in total. The lowest BCUT2D eigenvalue weighted by Crippen LogP contribution is -2.11. The Hall–Kier alpha value is -1.87. The number of amides is 1. The summed E-state index contributed by atoms with van der Waals surface area (Å²) in [5, 5.41) is 3.01. The lowest BCUT2D eigenvalue weighted by molar-refractivity contribution is -0.111. The number of hydrogen-bond acceptors (Lipinski definition) is 1. The number of anilines is 1. The Labute approximate surface area is 140 Å². The third-order valence-corrected chi connectivity index (χ3v) is 4.22. The number of carbonyl (C=O) groups is 1. The second-order valence-corrected chi connectivity index (χ2v) is 6.39. The number of halogens is 1. The smallest absolute Gasteiger partial charge is 0.248 e. The van der Waals surface area contributed by atoms with Gasteiger partial charge >= 0.3 is 0 Å². The summed E-state index contributed by atoms with van der Waals surface area (Å²) in [6.45, 7) is 6.27. The Morgan fingerprint density at radius 1 is 1.14 bits per heavy atom. The fourth-order valence-corrected chi connectivity index (χ4v) is 2.70. The highest BCUT2D eigenvalue weighted by atomic mass is 79.9. The molecule has 0 bridgehead atoms. The van der Waals surface area contributed by atoms with Crippen LogP contribution in [0.3, 0.4) is 0 Å². The van der Waals surface area contributed by atoms with Crippen LogP contribution in [0.2, 0.25) is 0 Å². The SMILES string of the molecule is Cc1cccc(C(C)C)c1NC(=O)/C=C/c1ccccc1Br. The maximum absolute atomic E-state index is 12.2. The third-order valence-electron chi connectivity index (χ3n) is 3.49. The Bertz CT molecular complexity index is 704. The molecule has 3 heteroatoms. The van der Waals surface area contributed by atoms with Crippen molar-refractivity contribution in [2.45, 2.75) is 26.7 Å². The molecule has 0 radical (unpaired) electrons. The lowest BCUT2D eigenvalue weighted by atomic mass is 9.98. The summed E-state index contributed by atoms with van der Waals surface area (Å²) >= 11 is 3.47. The van der Waals surface area contributed by atoms with Gasteiger partial charge in [-0.05, 0) is 41.7 Å². The largest absolute Gasteiger partial charge is 0.322 e. The van der Waals surface area contributed by atoms with Crippen LogP contribution in [0.5, 0.6) is 0 Å². The summed E-state index contributed by atoms with van der Waals surface area (Å²) in [6, 6.07) is 13.9. The van der Waals surface area contributed by atoms with Gasteiger partial charge in [0.1, 0.15) is 0 Å². The van der Waals surface area contributed by atoms with E-state index in [9.17, 15) is 4.79 Å². The summed E-state index contributed by atoms with van der Waals surface area (Å²) in [7, 11) is 0. The highest BCUT2D eigenvalue weighted by Crippen LogP contribution is 2.27. The van der Waals surface area contributed by atoms with E-state index >= 15 is 0 Å². The van der Waals surface area contributed by atoms with Gasteiger partial charge in [0, 0.05) is 16.2 Å². The van der Waals surface area contributed by atoms with Crippen LogP contribution in [0.4, 0.5) is 5.69 Å². The van der Waals surface area contributed by atoms with Crippen LogP contribution < -0.4 is 5.32 Å². The molecular weight excluding hydrogens is 338 g/mol. The minimum absolute atomic E-state index is 0.119. The Morgan fingerprint density at radius 2 is 1.86 bits per heavy atom. The minimum Gasteiger partial charge on any atom is -0.322 e. The molecule has 0 aromatic heterocycles. The van der Waals surface area contributed by atoms with E-state index < -0.39 is 0 Å². The maximum atomic E-state index is 12.2. The lowest BCUT2D eigenvalue weighted by Gasteiger charge is -2.15. The van der Waals surface area contributed by atoms with Gasteiger partial charge in [0.2, 0.25) is 5.91 Å². The first kappa shape index (κ1) is 16.5. The first-order valence-electron chi connectivity index (χ1n) is 7.32. The van der Waals surface area contributed by atoms with E-state index in [-0.39, 0.29) is 5.91 Å². The van der Waals surface area contributed by atoms with Crippen LogP contribution in [0.25, 0.3) is 6.08 Å². The molecule has 0 saturated heterocycles. The van der Waals surface area contributed by atoms with E-state index in [2.05, 4.69) is 41.2 Å². The third kappa shape index (κ3) is 4.08. The van der Waals surface area contributed by atoms with Crippen molar-refractivity contribution < 1.29 is 4.79 Å². The quantitative estimate of drug-likeness (QED) is 0.715.